The average Bonchev–Trinajstić information content (AvgIpc) is 3.13. The summed E-state index contributed by atoms with van der Waals surface area (Å²) in [7, 11) is 0. The molecule has 29 heavy (non-hydrogen) atoms. The largest absolute Gasteiger partial charge is 0.325 e. The van der Waals surface area contributed by atoms with Gasteiger partial charge in [-0.3, -0.25) is 4.79 Å². The number of benzene rings is 2. The van der Waals surface area contributed by atoms with Crippen LogP contribution >= 0.6 is 11.8 Å². The molecule has 0 saturated carbocycles. The van der Waals surface area contributed by atoms with Gasteiger partial charge in [-0.05, 0) is 43.0 Å². The van der Waals surface area contributed by atoms with Crippen molar-refractivity contribution < 1.29 is 4.79 Å². The van der Waals surface area contributed by atoms with Crippen molar-refractivity contribution >= 4 is 23.4 Å². The van der Waals surface area contributed by atoms with Gasteiger partial charge >= 0.3 is 0 Å². The van der Waals surface area contributed by atoms with Gasteiger partial charge in [-0.25, -0.2) is 4.68 Å². The molecule has 6 nitrogen and oxygen atoms in total. The first kappa shape index (κ1) is 19.5. The first-order valence-electron chi connectivity index (χ1n) is 9.88. The van der Waals surface area contributed by atoms with Crippen LogP contribution in [0.15, 0.2) is 53.7 Å². The summed E-state index contributed by atoms with van der Waals surface area (Å²) in [6.07, 6.45) is 1.82. The second-order valence-electron chi connectivity index (χ2n) is 7.28. The molecule has 0 spiro atoms. The van der Waals surface area contributed by atoms with E-state index in [1.165, 1.54) is 11.8 Å². The molecule has 2 aromatic carbocycles. The molecule has 1 amide bonds. The molecule has 0 fully saturated rings. The number of carbonyl (C=O) groups is 1. The standard InChI is InChI=1S/C22H25N5OS/c1-4-9-18-24-25-22-27(18)26-19(16-11-6-5-7-12-16)20(29-22)21(28)23-17-13-8-10-14(2)15(17)3/h5-8,10-13,19-20,26H,4,9H2,1-3H3,(H,23,28)/t19-,20+/m0/s1. The van der Waals surface area contributed by atoms with Gasteiger partial charge in [0, 0.05) is 12.1 Å². The Hall–Kier alpha value is -2.80. The topological polar surface area (TPSA) is 71.8 Å². The Morgan fingerprint density at radius 2 is 1.93 bits per heavy atom. The highest BCUT2D eigenvalue weighted by atomic mass is 32.2. The lowest BCUT2D eigenvalue weighted by atomic mass is 10.0. The smallest absolute Gasteiger partial charge is 0.240 e. The van der Waals surface area contributed by atoms with Crippen LogP contribution in [0.2, 0.25) is 0 Å². The number of fused-ring (bicyclic) bond motifs is 1. The van der Waals surface area contributed by atoms with Crippen LogP contribution in [0, 0.1) is 13.8 Å². The summed E-state index contributed by atoms with van der Waals surface area (Å²) in [6, 6.07) is 15.8. The molecule has 2 N–H and O–H groups in total. The fourth-order valence-electron chi connectivity index (χ4n) is 3.49. The predicted molar refractivity (Wildman–Crippen MR) is 117 cm³/mol. The van der Waals surface area contributed by atoms with Gasteiger partial charge in [0.05, 0.1) is 6.04 Å². The minimum Gasteiger partial charge on any atom is -0.325 e. The molecule has 0 bridgehead atoms. The third kappa shape index (κ3) is 3.87. The second-order valence-corrected chi connectivity index (χ2v) is 8.39. The summed E-state index contributed by atoms with van der Waals surface area (Å²) < 4.78 is 1.94. The maximum atomic E-state index is 13.3. The quantitative estimate of drug-likeness (QED) is 0.662. The van der Waals surface area contributed by atoms with Gasteiger partial charge in [0.15, 0.2) is 5.82 Å². The monoisotopic (exact) mass is 407 g/mol. The fourth-order valence-corrected chi connectivity index (χ4v) is 4.58. The zero-order chi connectivity index (χ0) is 20.4. The summed E-state index contributed by atoms with van der Waals surface area (Å²) in [5.41, 5.74) is 7.64. The number of carbonyl (C=O) groups excluding carboxylic acids is 1. The number of nitrogens with one attached hydrogen (secondary N) is 2. The lowest BCUT2D eigenvalue weighted by molar-refractivity contribution is -0.116. The average molecular weight is 408 g/mol. The van der Waals surface area contributed by atoms with Gasteiger partial charge in [-0.2, -0.15) is 0 Å². The third-order valence-corrected chi connectivity index (χ3v) is 6.47. The molecule has 0 unspecified atom stereocenters. The van der Waals surface area contributed by atoms with Crippen LogP contribution in [0.3, 0.4) is 0 Å². The van der Waals surface area contributed by atoms with Crippen molar-refractivity contribution in [2.45, 2.75) is 50.1 Å². The van der Waals surface area contributed by atoms with Crippen molar-refractivity contribution in [3.8, 4) is 0 Å². The molecule has 0 aliphatic carbocycles. The zero-order valence-electron chi connectivity index (χ0n) is 16.8. The van der Waals surface area contributed by atoms with E-state index >= 15 is 0 Å². The predicted octanol–water partition coefficient (Wildman–Crippen LogP) is 4.25. The third-order valence-electron chi connectivity index (χ3n) is 5.26. The van der Waals surface area contributed by atoms with Gasteiger partial charge in [0.1, 0.15) is 5.25 Å². The Morgan fingerprint density at radius 1 is 1.14 bits per heavy atom. The van der Waals surface area contributed by atoms with Crippen LogP contribution < -0.4 is 10.7 Å². The summed E-state index contributed by atoms with van der Waals surface area (Å²) in [5.74, 6) is 0.848. The van der Waals surface area contributed by atoms with Crippen molar-refractivity contribution in [2.75, 3.05) is 10.7 Å². The number of anilines is 1. The van der Waals surface area contributed by atoms with Crippen molar-refractivity contribution in [3.63, 3.8) is 0 Å². The Kier molecular flexibility index (Phi) is 5.58. The van der Waals surface area contributed by atoms with Crippen LogP contribution in [0.5, 0.6) is 0 Å². The molecule has 2 heterocycles. The van der Waals surface area contributed by atoms with Crippen LogP contribution in [0.1, 0.15) is 41.9 Å². The molecular weight excluding hydrogens is 382 g/mol. The molecule has 7 heteroatoms. The molecular formula is C22H25N5OS. The number of amides is 1. The second kappa shape index (κ2) is 8.29. The van der Waals surface area contributed by atoms with Crippen LogP contribution in [-0.4, -0.2) is 26.0 Å². The fraction of sp³-hybridized carbons (Fsp3) is 0.318. The molecule has 0 saturated heterocycles. The van der Waals surface area contributed by atoms with Gasteiger partial charge in [-0.1, -0.05) is 61.2 Å². The van der Waals surface area contributed by atoms with E-state index in [0.29, 0.717) is 0 Å². The van der Waals surface area contributed by atoms with Crippen molar-refractivity contribution in [3.05, 3.63) is 71.0 Å². The van der Waals surface area contributed by atoms with Gasteiger partial charge in [-0.15, -0.1) is 10.2 Å². The van der Waals surface area contributed by atoms with E-state index in [-0.39, 0.29) is 17.2 Å². The number of aromatic nitrogens is 3. The Labute approximate surface area is 175 Å². The lowest BCUT2D eigenvalue weighted by Gasteiger charge is -2.33. The maximum Gasteiger partial charge on any atom is 0.240 e. The van der Waals surface area contributed by atoms with E-state index in [1.807, 2.05) is 67.1 Å². The highest BCUT2D eigenvalue weighted by Gasteiger charge is 2.37. The lowest BCUT2D eigenvalue weighted by Crippen LogP contribution is -2.41. The molecule has 2 atom stereocenters. The highest BCUT2D eigenvalue weighted by molar-refractivity contribution is 8.00. The van der Waals surface area contributed by atoms with E-state index in [2.05, 4.69) is 27.9 Å². The van der Waals surface area contributed by atoms with E-state index < -0.39 is 0 Å². The molecule has 0 radical (unpaired) electrons. The molecule has 1 aliphatic heterocycles. The van der Waals surface area contributed by atoms with Gasteiger partial charge in [0.2, 0.25) is 11.1 Å². The number of rotatable bonds is 5. The first-order chi connectivity index (χ1) is 14.1. The summed E-state index contributed by atoms with van der Waals surface area (Å²) in [4.78, 5) is 13.3. The number of aryl methyl sites for hydroxylation is 2. The number of hydrogen-bond donors (Lipinski definition) is 2. The number of hydrogen-bond acceptors (Lipinski definition) is 5. The van der Waals surface area contributed by atoms with E-state index in [9.17, 15) is 4.79 Å². The highest BCUT2D eigenvalue weighted by Crippen LogP contribution is 2.37. The van der Waals surface area contributed by atoms with Crippen molar-refractivity contribution in [1.29, 1.82) is 0 Å². The Morgan fingerprint density at radius 3 is 2.69 bits per heavy atom. The minimum atomic E-state index is -0.372. The van der Waals surface area contributed by atoms with Crippen LogP contribution in [0.25, 0.3) is 0 Å². The van der Waals surface area contributed by atoms with E-state index in [0.717, 1.165) is 46.2 Å². The minimum absolute atomic E-state index is 0.0451. The van der Waals surface area contributed by atoms with Crippen LogP contribution in [0.4, 0.5) is 5.69 Å². The summed E-state index contributed by atoms with van der Waals surface area (Å²) in [6.45, 7) is 6.19. The number of thioether (sulfide) groups is 1. The molecule has 4 rings (SSSR count). The van der Waals surface area contributed by atoms with Gasteiger partial charge < -0.3 is 10.7 Å². The SMILES string of the molecule is CCCc1nnc2n1N[C@@H](c1ccccc1)[C@H](C(=O)Nc1cccc(C)c1C)S2. The number of nitrogens with zero attached hydrogens (tertiary/aromatic N) is 3. The van der Waals surface area contributed by atoms with E-state index in [4.69, 9.17) is 0 Å². The van der Waals surface area contributed by atoms with E-state index in [1.54, 1.807) is 0 Å². The van der Waals surface area contributed by atoms with Gasteiger partial charge in [0.25, 0.3) is 0 Å². The molecule has 3 aromatic rings. The van der Waals surface area contributed by atoms with Crippen LogP contribution in [-0.2, 0) is 11.2 Å². The van der Waals surface area contributed by atoms with Crippen molar-refractivity contribution in [1.82, 2.24) is 14.9 Å². The molecule has 1 aliphatic rings. The first-order valence-corrected chi connectivity index (χ1v) is 10.8. The molecule has 150 valence electrons. The Bertz CT molecular complexity index is 1020. The summed E-state index contributed by atoms with van der Waals surface area (Å²) >= 11 is 1.46. The zero-order valence-corrected chi connectivity index (χ0v) is 17.7. The maximum absolute atomic E-state index is 13.3. The Balaban J connectivity index is 1.67. The molecule has 1 aromatic heterocycles. The normalized spacial score (nSPS) is 18.0. The summed E-state index contributed by atoms with van der Waals surface area (Å²) in [5, 5.41) is 12.1. The van der Waals surface area contributed by atoms with Crippen molar-refractivity contribution in [2.24, 2.45) is 0 Å².